The summed E-state index contributed by atoms with van der Waals surface area (Å²) < 4.78 is 40.0. The van der Waals surface area contributed by atoms with E-state index in [0.29, 0.717) is 22.6 Å². The van der Waals surface area contributed by atoms with Gasteiger partial charge in [-0.1, -0.05) is 23.2 Å². The van der Waals surface area contributed by atoms with Gasteiger partial charge in [0.1, 0.15) is 17.5 Å². The molecule has 0 aliphatic rings. The number of rotatable bonds is 12. The Balaban J connectivity index is 0.000000172. The van der Waals surface area contributed by atoms with E-state index in [9.17, 15) is 13.2 Å². The van der Waals surface area contributed by atoms with Crippen LogP contribution in [0.25, 0.3) is 0 Å². The standard InChI is InChI=1S/C12H13BrFN3.2C12H13ClFN3/c1-2-17(7-9-6-15-8-16-9)10-3-4-12(14)11(13)5-10;1-2-17(7-11-6-15-8-16-11)12-4-9(13)3-10(14)5-12;1-2-17(7-9-6-15-8-16-9)10-3-4-12(14)11(13)5-10/h3*3-6,8H,2,7H2,1H3,(H,15,16). The molecule has 0 spiro atoms. The van der Waals surface area contributed by atoms with E-state index in [2.05, 4.69) is 62.6 Å². The number of H-pyrrole nitrogens is 3. The maximum atomic E-state index is 13.3. The molecule has 3 aromatic heterocycles. The third-order valence-electron chi connectivity index (χ3n) is 7.64. The van der Waals surface area contributed by atoms with Gasteiger partial charge in [-0.05, 0) is 91.3 Å². The smallest absolute Gasteiger partial charge is 0.141 e. The highest BCUT2D eigenvalue weighted by Gasteiger charge is 2.11. The molecule has 0 amide bonds. The molecule has 0 atom stereocenters. The van der Waals surface area contributed by atoms with E-state index < -0.39 is 5.82 Å². The van der Waals surface area contributed by atoms with Crippen molar-refractivity contribution in [2.75, 3.05) is 34.3 Å². The van der Waals surface area contributed by atoms with Gasteiger partial charge in [-0.3, -0.25) is 0 Å². The zero-order valence-corrected chi connectivity index (χ0v) is 31.5. The van der Waals surface area contributed by atoms with Crippen molar-refractivity contribution in [1.82, 2.24) is 29.9 Å². The second-order valence-electron chi connectivity index (χ2n) is 11.1. The molecule has 0 bridgehead atoms. The van der Waals surface area contributed by atoms with Gasteiger partial charge in [0.2, 0.25) is 0 Å². The van der Waals surface area contributed by atoms with Crippen molar-refractivity contribution < 1.29 is 13.2 Å². The van der Waals surface area contributed by atoms with Gasteiger partial charge >= 0.3 is 0 Å². The van der Waals surface area contributed by atoms with E-state index in [0.717, 1.165) is 60.3 Å². The van der Waals surface area contributed by atoms with E-state index >= 15 is 0 Å². The van der Waals surface area contributed by atoms with Crippen molar-refractivity contribution in [3.05, 3.63) is 141 Å². The number of hydrogen-bond acceptors (Lipinski definition) is 6. The lowest BCUT2D eigenvalue weighted by atomic mass is 10.2. The predicted octanol–water partition coefficient (Wildman–Crippen LogP) is 9.80. The van der Waals surface area contributed by atoms with Crippen LogP contribution in [0, 0.1) is 17.5 Å². The maximum absolute atomic E-state index is 13.3. The van der Waals surface area contributed by atoms with Crippen molar-refractivity contribution in [2.24, 2.45) is 0 Å². The molecule has 9 nitrogen and oxygen atoms in total. The van der Waals surface area contributed by atoms with Crippen LogP contribution in [0.5, 0.6) is 0 Å². The van der Waals surface area contributed by atoms with Crippen LogP contribution >= 0.6 is 39.1 Å². The summed E-state index contributed by atoms with van der Waals surface area (Å²) in [6.45, 7) is 10.6. The summed E-state index contributed by atoms with van der Waals surface area (Å²) in [7, 11) is 0. The molecule has 6 aromatic rings. The summed E-state index contributed by atoms with van der Waals surface area (Å²) in [6.07, 6.45) is 10.2. The SMILES string of the molecule is CCN(Cc1cnc[nH]1)c1cc(F)cc(Cl)c1.CCN(Cc1cnc[nH]1)c1ccc(F)c(Br)c1.CCN(Cc1cnc[nH]1)c1ccc(F)c(Cl)c1. The lowest BCUT2D eigenvalue weighted by Crippen LogP contribution is -2.22. The van der Waals surface area contributed by atoms with Gasteiger partial charge in [0, 0.05) is 60.3 Å². The molecule has 0 aliphatic heterocycles. The molecule has 15 heteroatoms. The molecule has 51 heavy (non-hydrogen) atoms. The highest BCUT2D eigenvalue weighted by atomic mass is 79.9. The Morgan fingerprint density at radius 2 is 1.04 bits per heavy atom. The monoisotopic (exact) mass is 803 g/mol. The molecular weight excluding hydrogens is 766 g/mol. The van der Waals surface area contributed by atoms with Crippen LogP contribution < -0.4 is 14.7 Å². The minimum atomic E-state index is -0.395. The van der Waals surface area contributed by atoms with Crippen molar-refractivity contribution in [1.29, 1.82) is 0 Å². The van der Waals surface area contributed by atoms with Crippen molar-refractivity contribution in [3.63, 3.8) is 0 Å². The molecule has 3 N–H and O–H groups in total. The number of benzene rings is 3. The van der Waals surface area contributed by atoms with Gasteiger partial charge in [0.05, 0.1) is 65.2 Å². The van der Waals surface area contributed by atoms with Gasteiger partial charge in [-0.15, -0.1) is 0 Å². The zero-order chi connectivity index (χ0) is 36.8. The van der Waals surface area contributed by atoms with Gasteiger partial charge in [0.15, 0.2) is 0 Å². The molecule has 0 saturated carbocycles. The molecule has 3 heterocycles. The van der Waals surface area contributed by atoms with Crippen LogP contribution in [0.1, 0.15) is 37.9 Å². The molecule has 0 aliphatic carbocycles. The molecule has 6 rings (SSSR count). The molecule has 270 valence electrons. The summed E-state index contributed by atoms with van der Waals surface area (Å²) in [4.78, 5) is 27.3. The van der Waals surface area contributed by atoms with Gasteiger partial charge in [0.25, 0.3) is 0 Å². The Morgan fingerprint density at radius 3 is 1.43 bits per heavy atom. The van der Waals surface area contributed by atoms with Crippen LogP contribution in [0.2, 0.25) is 10.0 Å². The Labute approximate surface area is 314 Å². The Hall–Kier alpha value is -4.46. The fourth-order valence-corrected chi connectivity index (χ4v) is 5.73. The summed E-state index contributed by atoms with van der Waals surface area (Å²) in [6, 6.07) is 14.3. The third kappa shape index (κ3) is 12.1. The van der Waals surface area contributed by atoms with Crippen molar-refractivity contribution >= 4 is 56.2 Å². The number of hydrogen-bond donors (Lipinski definition) is 3. The minimum Gasteiger partial charge on any atom is -0.366 e. The van der Waals surface area contributed by atoms with Crippen molar-refractivity contribution in [3.8, 4) is 0 Å². The minimum absolute atomic E-state index is 0.144. The number of imidazole rings is 3. The highest BCUT2D eigenvalue weighted by molar-refractivity contribution is 9.10. The fourth-order valence-electron chi connectivity index (χ4n) is 4.97. The number of anilines is 3. The highest BCUT2D eigenvalue weighted by Crippen LogP contribution is 2.26. The number of halogens is 6. The zero-order valence-electron chi connectivity index (χ0n) is 28.4. The predicted molar refractivity (Wildman–Crippen MR) is 203 cm³/mol. The Bertz CT molecular complexity index is 1780. The topological polar surface area (TPSA) is 95.8 Å². The average molecular weight is 806 g/mol. The molecular formula is C36H39BrCl2F3N9. The average Bonchev–Trinajstić information content (AvgIpc) is 3.93. The van der Waals surface area contributed by atoms with Gasteiger partial charge in [-0.25, -0.2) is 28.1 Å². The normalized spacial score (nSPS) is 10.5. The number of aromatic nitrogens is 6. The number of nitrogens with one attached hydrogen (secondary N) is 3. The number of aromatic amines is 3. The Kier molecular flexibility index (Phi) is 15.3. The summed E-state index contributed by atoms with van der Waals surface area (Å²) in [5.41, 5.74) is 5.67. The maximum Gasteiger partial charge on any atom is 0.141 e. The van der Waals surface area contributed by atoms with Gasteiger partial charge in [-0.2, -0.15) is 0 Å². The van der Waals surface area contributed by atoms with E-state index in [-0.39, 0.29) is 16.7 Å². The van der Waals surface area contributed by atoms with Crippen molar-refractivity contribution in [2.45, 2.75) is 40.4 Å². The first kappa shape index (κ1) is 39.3. The molecule has 0 radical (unpaired) electrons. The summed E-state index contributed by atoms with van der Waals surface area (Å²) in [5, 5.41) is 0.550. The van der Waals surface area contributed by atoms with Crippen LogP contribution in [-0.2, 0) is 19.6 Å². The van der Waals surface area contributed by atoms with Crippen LogP contribution in [0.3, 0.4) is 0 Å². The van der Waals surface area contributed by atoms with Crippen LogP contribution in [0.15, 0.2) is 96.6 Å². The van der Waals surface area contributed by atoms with E-state index in [1.54, 1.807) is 67.9 Å². The number of nitrogens with zero attached hydrogens (tertiary/aromatic N) is 6. The van der Waals surface area contributed by atoms with Gasteiger partial charge < -0.3 is 29.7 Å². The van der Waals surface area contributed by atoms with E-state index in [1.165, 1.54) is 24.3 Å². The quantitative estimate of drug-likeness (QED) is 0.114. The molecule has 0 unspecified atom stereocenters. The lowest BCUT2D eigenvalue weighted by molar-refractivity contribution is 0.620. The summed E-state index contributed by atoms with van der Waals surface area (Å²) >= 11 is 14.8. The molecule has 0 saturated heterocycles. The van der Waals surface area contributed by atoms with Crippen LogP contribution in [0.4, 0.5) is 30.2 Å². The Morgan fingerprint density at radius 1 is 0.588 bits per heavy atom. The first-order valence-corrected chi connectivity index (χ1v) is 17.7. The molecule has 0 fully saturated rings. The second kappa shape index (κ2) is 19.8. The van der Waals surface area contributed by atoms with E-state index in [1.807, 2.05) is 18.7 Å². The largest absolute Gasteiger partial charge is 0.366 e. The summed E-state index contributed by atoms with van der Waals surface area (Å²) in [5.74, 6) is -0.963. The first-order chi connectivity index (χ1) is 24.6. The fraction of sp³-hybridized carbons (Fsp3) is 0.250. The van der Waals surface area contributed by atoms with E-state index in [4.69, 9.17) is 23.2 Å². The van der Waals surface area contributed by atoms with Crippen LogP contribution in [-0.4, -0.2) is 49.5 Å². The third-order valence-corrected chi connectivity index (χ3v) is 8.76. The first-order valence-electron chi connectivity index (χ1n) is 16.1. The molecule has 3 aromatic carbocycles. The lowest BCUT2D eigenvalue weighted by Gasteiger charge is -2.22. The second-order valence-corrected chi connectivity index (χ2v) is 12.8.